The average Bonchev–Trinajstić information content (AvgIpc) is 2.45. The van der Waals surface area contributed by atoms with Crippen LogP contribution in [-0.2, 0) is 17.5 Å². The minimum Gasteiger partial charge on any atom is -0.378 e. The Kier molecular flexibility index (Phi) is 4.43. The fraction of sp³-hybridized carbons (Fsp3) is 0.500. The Bertz CT molecular complexity index is 484. The van der Waals surface area contributed by atoms with Crippen LogP contribution < -0.4 is 5.73 Å². The van der Waals surface area contributed by atoms with E-state index in [4.69, 9.17) is 10.5 Å². The van der Waals surface area contributed by atoms with Crippen molar-refractivity contribution in [2.75, 3.05) is 26.3 Å². The first-order chi connectivity index (χ1) is 9.47. The molecule has 5 nitrogen and oxygen atoms in total. The third-order valence-electron chi connectivity index (χ3n) is 2.87. The first kappa shape index (κ1) is 14.6. The first-order valence-electron chi connectivity index (χ1n) is 6.11. The minimum absolute atomic E-state index is 0.0921. The van der Waals surface area contributed by atoms with Gasteiger partial charge in [-0.25, -0.2) is 4.99 Å². The number of morpholine rings is 1. The summed E-state index contributed by atoms with van der Waals surface area (Å²) in [6, 6.07) is 2.47. The topological polar surface area (TPSA) is 63.7 Å². The molecule has 1 fully saturated rings. The van der Waals surface area contributed by atoms with Crippen molar-refractivity contribution >= 4 is 5.96 Å². The molecule has 1 aliphatic heterocycles. The van der Waals surface area contributed by atoms with Crippen molar-refractivity contribution in [2.45, 2.75) is 12.7 Å². The average molecular weight is 288 g/mol. The number of ether oxygens (including phenoxy) is 1. The summed E-state index contributed by atoms with van der Waals surface area (Å²) in [6.45, 7) is 2.52. The van der Waals surface area contributed by atoms with E-state index >= 15 is 0 Å². The Morgan fingerprint density at radius 2 is 2.10 bits per heavy atom. The first-order valence-corrected chi connectivity index (χ1v) is 6.11. The van der Waals surface area contributed by atoms with Gasteiger partial charge in [0.1, 0.15) is 5.69 Å². The van der Waals surface area contributed by atoms with E-state index in [9.17, 15) is 13.2 Å². The zero-order chi connectivity index (χ0) is 14.6. The van der Waals surface area contributed by atoms with Crippen LogP contribution in [0.3, 0.4) is 0 Å². The lowest BCUT2D eigenvalue weighted by Crippen LogP contribution is -2.44. The van der Waals surface area contributed by atoms with Crippen LogP contribution in [0.25, 0.3) is 0 Å². The lowest BCUT2D eigenvalue weighted by atomic mass is 10.2. The molecule has 1 saturated heterocycles. The Hall–Kier alpha value is -1.83. The zero-order valence-corrected chi connectivity index (χ0v) is 10.7. The molecule has 2 heterocycles. The standard InChI is InChI=1S/C12H15F3N4O/c13-12(14,15)10-7-9(1-2-17-10)8-18-11(16)19-3-5-20-6-4-19/h1-2,7H,3-6,8H2,(H2,16,18). The largest absolute Gasteiger partial charge is 0.433 e. The molecule has 0 spiro atoms. The Balaban J connectivity index is 2.02. The van der Waals surface area contributed by atoms with Crippen molar-refractivity contribution in [2.24, 2.45) is 10.7 Å². The number of guanidine groups is 1. The van der Waals surface area contributed by atoms with Gasteiger partial charge in [-0.05, 0) is 17.7 Å². The molecule has 2 N–H and O–H groups in total. The summed E-state index contributed by atoms with van der Waals surface area (Å²) in [4.78, 5) is 9.25. The maximum atomic E-state index is 12.5. The van der Waals surface area contributed by atoms with Gasteiger partial charge >= 0.3 is 6.18 Å². The fourth-order valence-electron chi connectivity index (χ4n) is 1.79. The SMILES string of the molecule is NC(=NCc1ccnc(C(F)(F)F)c1)N1CCOCC1. The van der Waals surface area contributed by atoms with E-state index in [2.05, 4.69) is 9.98 Å². The second kappa shape index (κ2) is 6.08. The summed E-state index contributed by atoms with van der Waals surface area (Å²) in [5, 5.41) is 0. The third-order valence-corrected chi connectivity index (χ3v) is 2.87. The maximum absolute atomic E-state index is 12.5. The van der Waals surface area contributed by atoms with Crippen LogP contribution in [0, 0.1) is 0 Å². The van der Waals surface area contributed by atoms with Gasteiger partial charge in [0.15, 0.2) is 5.96 Å². The summed E-state index contributed by atoms with van der Waals surface area (Å²) in [7, 11) is 0. The summed E-state index contributed by atoms with van der Waals surface area (Å²) < 4.78 is 42.7. The highest BCUT2D eigenvalue weighted by Gasteiger charge is 2.32. The molecule has 1 aliphatic rings. The van der Waals surface area contributed by atoms with E-state index in [1.165, 1.54) is 6.07 Å². The Morgan fingerprint density at radius 3 is 2.75 bits per heavy atom. The maximum Gasteiger partial charge on any atom is 0.433 e. The predicted octanol–water partition coefficient (Wildman–Crippen LogP) is 1.25. The van der Waals surface area contributed by atoms with Gasteiger partial charge in [-0.15, -0.1) is 0 Å². The molecule has 0 saturated carbocycles. The number of pyridine rings is 1. The number of halogens is 3. The van der Waals surface area contributed by atoms with Crippen LogP contribution in [0.15, 0.2) is 23.3 Å². The monoisotopic (exact) mass is 288 g/mol. The number of aromatic nitrogens is 1. The molecule has 0 bridgehead atoms. The van der Waals surface area contributed by atoms with Crippen LogP contribution in [-0.4, -0.2) is 42.1 Å². The van der Waals surface area contributed by atoms with Crippen molar-refractivity contribution in [1.82, 2.24) is 9.88 Å². The lowest BCUT2D eigenvalue weighted by molar-refractivity contribution is -0.141. The van der Waals surface area contributed by atoms with Gasteiger partial charge in [0.2, 0.25) is 0 Å². The molecule has 0 amide bonds. The normalized spacial score (nSPS) is 17.4. The van der Waals surface area contributed by atoms with Crippen LogP contribution in [0.5, 0.6) is 0 Å². The molecule has 0 aliphatic carbocycles. The minimum atomic E-state index is -4.45. The van der Waals surface area contributed by atoms with Gasteiger partial charge < -0.3 is 15.4 Å². The number of hydrogen-bond donors (Lipinski definition) is 1. The number of nitrogens with zero attached hydrogens (tertiary/aromatic N) is 3. The van der Waals surface area contributed by atoms with E-state index in [1.807, 2.05) is 4.90 Å². The van der Waals surface area contributed by atoms with Gasteiger partial charge in [0.25, 0.3) is 0 Å². The highest BCUT2D eigenvalue weighted by molar-refractivity contribution is 5.78. The molecule has 1 aromatic heterocycles. The highest BCUT2D eigenvalue weighted by Crippen LogP contribution is 2.27. The van der Waals surface area contributed by atoms with Crippen molar-refractivity contribution in [1.29, 1.82) is 0 Å². The molecule has 110 valence electrons. The fourth-order valence-corrected chi connectivity index (χ4v) is 1.79. The Morgan fingerprint density at radius 1 is 1.40 bits per heavy atom. The molecular weight excluding hydrogens is 273 g/mol. The van der Waals surface area contributed by atoms with Crippen LogP contribution in [0.4, 0.5) is 13.2 Å². The van der Waals surface area contributed by atoms with Crippen molar-refractivity contribution < 1.29 is 17.9 Å². The molecular formula is C12H15F3N4O. The van der Waals surface area contributed by atoms with E-state index in [1.54, 1.807) is 0 Å². The third kappa shape index (κ3) is 3.83. The molecule has 2 rings (SSSR count). The van der Waals surface area contributed by atoms with Crippen LogP contribution >= 0.6 is 0 Å². The smallest absolute Gasteiger partial charge is 0.378 e. The molecule has 0 aromatic carbocycles. The summed E-state index contributed by atoms with van der Waals surface area (Å²) in [5.41, 5.74) is 5.30. The van der Waals surface area contributed by atoms with Crippen LogP contribution in [0.1, 0.15) is 11.3 Å². The van der Waals surface area contributed by atoms with Gasteiger partial charge in [0.05, 0.1) is 19.8 Å². The number of alkyl halides is 3. The van der Waals surface area contributed by atoms with Gasteiger partial charge in [-0.1, -0.05) is 0 Å². The van der Waals surface area contributed by atoms with E-state index in [0.717, 1.165) is 12.3 Å². The molecule has 0 atom stereocenters. The zero-order valence-electron chi connectivity index (χ0n) is 10.7. The van der Waals surface area contributed by atoms with Gasteiger partial charge in [-0.3, -0.25) is 4.98 Å². The summed E-state index contributed by atoms with van der Waals surface area (Å²) >= 11 is 0. The molecule has 0 radical (unpaired) electrons. The number of aliphatic imine (C=N–C) groups is 1. The highest BCUT2D eigenvalue weighted by atomic mass is 19.4. The van der Waals surface area contributed by atoms with Crippen molar-refractivity contribution in [3.8, 4) is 0 Å². The number of nitrogens with two attached hydrogens (primary N) is 1. The van der Waals surface area contributed by atoms with Crippen LogP contribution in [0.2, 0.25) is 0 Å². The summed E-state index contributed by atoms with van der Waals surface area (Å²) in [6.07, 6.45) is -3.33. The molecule has 0 unspecified atom stereocenters. The number of rotatable bonds is 2. The van der Waals surface area contributed by atoms with Gasteiger partial charge in [0, 0.05) is 19.3 Å². The van der Waals surface area contributed by atoms with E-state index in [0.29, 0.717) is 37.8 Å². The van der Waals surface area contributed by atoms with E-state index < -0.39 is 11.9 Å². The van der Waals surface area contributed by atoms with E-state index in [-0.39, 0.29) is 6.54 Å². The Labute approximate surface area is 114 Å². The van der Waals surface area contributed by atoms with Crippen molar-refractivity contribution in [3.63, 3.8) is 0 Å². The quantitative estimate of drug-likeness (QED) is 0.657. The molecule has 1 aromatic rings. The van der Waals surface area contributed by atoms with Crippen molar-refractivity contribution in [3.05, 3.63) is 29.6 Å². The lowest BCUT2D eigenvalue weighted by Gasteiger charge is -2.27. The molecule has 8 heteroatoms. The second-order valence-electron chi connectivity index (χ2n) is 4.32. The molecule has 20 heavy (non-hydrogen) atoms. The second-order valence-corrected chi connectivity index (χ2v) is 4.32. The number of hydrogen-bond acceptors (Lipinski definition) is 3. The summed E-state index contributed by atoms with van der Waals surface area (Å²) in [5.74, 6) is 0.318. The van der Waals surface area contributed by atoms with Gasteiger partial charge in [-0.2, -0.15) is 13.2 Å². The predicted molar refractivity (Wildman–Crippen MR) is 67.0 cm³/mol.